The van der Waals surface area contributed by atoms with E-state index in [1.54, 1.807) is 24.5 Å². The molecular weight excluding hydrogens is 342 g/mol. The molecule has 0 fully saturated rings. The molecule has 7 nitrogen and oxygen atoms in total. The standard InChI is InChI=1S/C20H21N5O2/c1-24-11-8-21-20(24)15-6-9-25(10-7-15)18(27)5-2-14-12-16-3-4-17(26)23-19(16)22-13-14/h2,5-6,8,11-13H,3-4,7,9-10H2,1H3,(H,22,23,26)/b5-2+. The molecule has 0 spiro atoms. The molecule has 1 N–H and O–H groups in total. The zero-order valence-corrected chi connectivity index (χ0v) is 15.2. The molecule has 0 saturated carbocycles. The van der Waals surface area contributed by atoms with Crippen molar-refractivity contribution < 1.29 is 9.59 Å². The summed E-state index contributed by atoms with van der Waals surface area (Å²) in [7, 11) is 1.97. The molecule has 2 aliphatic heterocycles. The van der Waals surface area contributed by atoms with Gasteiger partial charge in [0.05, 0.1) is 0 Å². The van der Waals surface area contributed by atoms with Crippen molar-refractivity contribution >= 4 is 29.3 Å². The first-order valence-electron chi connectivity index (χ1n) is 9.02. The van der Waals surface area contributed by atoms with Crippen LogP contribution < -0.4 is 5.32 Å². The van der Waals surface area contributed by atoms with Crippen LogP contribution in [0.25, 0.3) is 11.6 Å². The van der Waals surface area contributed by atoms with Gasteiger partial charge >= 0.3 is 0 Å². The first-order valence-corrected chi connectivity index (χ1v) is 9.02. The van der Waals surface area contributed by atoms with E-state index in [9.17, 15) is 9.59 Å². The number of aryl methyl sites for hydroxylation is 2. The number of fused-ring (bicyclic) bond motifs is 1. The molecule has 2 aromatic heterocycles. The highest BCUT2D eigenvalue weighted by molar-refractivity contribution is 5.94. The second kappa shape index (κ2) is 7.19. The number of amides is 2. The van der Waals surface area contributed by atoms with Crippen LogP contribution in [0, 0.1) is 0 Å². The molecule has 0 saturated heterocycles. The van der Waals surface area contributed by atoms with Gasteiger partial charge in [-0.05, 0) is 41.7 Å². The third kappa shape index (κ3) is 3.67. The predicted octanol–water partition coefficient (Wildman–Crippen LogP) is 2.03. The maximum atomic E-state index is 12.5. The van der Waals surface area contributed by atoms with E-state index in [2.05, 4.69) is 21.4 Å². The first kappa shape index (κ1) is 17.2. The number of hydrogen-bond donors (Lipinski definition) is 1. The van der Waals surface area contributed by atoms with Crippen molar-refractivity contribution in [1.29, 1.82) is 0 Å². The summed E-state index contributed by atoms with van der Waals surface area (Å²) in [5, 5.41) is 2.76. The van der Waals surface area contributed by atoms with Gasteiger partial charge in [0.2, 0.25) is 11.8 Å². The van der Waals surface area contributed by atoms with Crippen LogP contribution in [0.2, 0.25) is 0 Å². The number of rotatable bonds is 3. The average Bonchev–Trinajstić information content (AvgIpc) is 3.12. The summed E-state index contributed by atoms with van der Waals surface area (Å²) in [5.41, 5.74) is 3.04. The maximum Gasteiger partial charge on any atom is 0.246 e. The van der Waals surface area contributed by atoms with Crippen LogP contribution in [0.5, 0.6) is 0 Å². The van der Waals surface area contributed by atoms with Crippen LogP contribution in [0.1, 0.15) is 29.8 Å². The topological polar surface area (TPSA) is 80.1 Å². The van der Waals surface area contributed by atoms with Crippen molar-refractivity contribution in [2.24, 2.45) is 7.05 Å². The van der Waals surface area contributed by atoms with Crippen LogP contribution >= 0.6 is 0 Å². The second-order valence-electron chi connectivity index (χ2n) is 6.78. The summed E-state index contributed by atoms with van der Waals surface area (Å²) in [4.78, 5) is 34.3. The van der Waals surface area contributed by atoms with Crippen molar-refractivity contribution in [2.45, 2.75) is 19.3 Å². The van der Waals surface area contributed by atoms with E-state index in [4.69, 9.17) is 0 Å². The van der Waals surface area contributed by atoms with E-state index in [1.165, 1.54) is 5.57 Å². The number of hydrogen-bond acceptors (Lipinski definition) is 4. The van der Waals surface area contributed by atoms with Gasteiger partial charge in [0, 0.05) is 51.2 Å². The van der Waals surface area contributed by atoms with Crippen molar-refractivity contribution in [3.8, 4) is 0 Å². The lowest BCUT2D eigenvalue weighted by molar-refractivity contribution is -0.125. The zero-order chi connectivity index (χ0) is 18.8. The Kier molecular flexibility index (Phi) is 4.58. The van der Waals surface area contributed by atoms with E-state index in [0.717, 1.165) is 23.4 Å². The molecule has 2 amide bonds. The van der Waals surface area contributed by atoms with Crippen molar-refractivity contribution in [3.05, 3.63) is 53.8 Å². The van der Waals surface area contributed by atoms with Crippen LogP contribution in [-0.4, -0.2) is 44.3 Å². The summed E-state index contributed by atoms with van der Waals surface area (Å²) in [5.74, 6) is 1.57. The van der Waals surface area contributed by atoms with E-state index >= 15 is 0 Å². The highest BCUT2D eigenvalue weighted by Gasteiger charge is 2.18. The minimum Gasteiger partial charge on any atom is -0.335 e. The molecule has 0 bridgehead atoms. The van der Waals surface area contributed by atoms with E-state index in [1.807, 2.05) is 28.8 Å². The fraction of sp³-hybridized carbons (Fsp3) is 0.300. The number of aromatic nitrogens is 3. The van der Waals surface area contributed by atoms with Gasteiger partial charge in [-0.1, -0.05) is 6.08 Å². The Balaban J connectivity index is 1.40. The van der Waals surface area contributed by atoms with E-state index < -0.39 is 0 Å². The lowest BCUT2D eigenvalue weighted by Gasteiger charge is -2.25. The zero-order valence-electron chi connectivity index (χ0n) is 15.2. The molecule has 27 heavy (non-hydrogen) atoms. The molecule has 2 aromatic rings. The van der Waals surface area contributed by atoms with Gasteiger partial charge in [0.1, 0.15) is 11.6 Å². The Bertz CT molecular complexity index is 957. The molecule has 4 rings (SSSR count). The predicted molar refractivity (Wildman–Crippen MR) is 103 cm³/mol. The Hall–Kier alpha value is -3.22. The largest absolute Gasteiger partial charge is 0.335 e. The van der Waals surface area contributed by atoms with Gasteiger partial charge in [0.25, 0.3) is 0 Å². The first-order chi connectivity index (χ1) is 13.1. The van der Waals surface area contributed by atoms with Crippen LogP contribution in [0.4, 0.5) is 5.82 Å². The van der Waals surface area contributed by atoms with Gasteiger partial charge in [-0.25, -0.2) is 9.97 Å². The molecular formula is C20H21N5O2. The molecule has 0 radical (unpaired) electrons. The number of carbonyl (C=O) groups excluding carboxylic acids is 2. The highest BCUT2D eigenvalue weighted by atomic mass is 16.2. The van der Waals surface area contributed by atoms with Gasteiger partial charge < -0.3 is 14.8 Å². The maximum absolute atomic E-state index is 12.5. The monoisotopic (exact) mass is 363 g/mol. The van der Waals surface area contributed by atoms with E-state index in [-0.39, 0.29) is 11.8 Å². The Labute approximate surface area is 157 Å². The Morgan fingerprint density at radius 3 is 2.89 bits per heavy atom. The minimum absolute atomic E-state index is 0.00321. The van der Waals surface area contributed by atoms with Crippen molar-refractivity contribution in [2.75, 3.05) is 18.4 Å². The fourth-order valence-electron chi connectivity index (χ4n) is 3.39. The lowest BCUT2D eigenvalue weighted by atomic mass is 10.0. The van der Waals surface area contributed by atoms with Crippen molar-refractivity contribution in [1.82, 2.24) is 19.4 Å². The summed E-state index contributed by atoms with van der Waals surface area (Å²) in [6.45, 7) is 1.26. The summed E-state index contributed by atoms with van der Waals surface area (Å²) >= 11 is 0. The van der Waals surface area contributed by atoms with Gasteiger partial charge in [-0.3, -0.25) is 9.59 Å². The highest BCUT2D eigenvalue weighted by Crippen LogP contribution is 2.22. The fourth-order valence-corrected chi connectivity index (χ4v) is 3.39. The SMILES string of the molecule is Cn1ccnc1C1=CCN(C(=O)/C=C/c2cnc3c(c2)CCC(=O)N3)CC1. The third-order valence-electron chi connectivity index (χ3n) is 4.91. The summed E-state index contributed by atoms with van der Waals surface area (Å²) in [6, 6.07) is 1.97. The molecule has 0 aromatic carbocycles. The molecule has 7 heteroatoms. The quantitative estimate of drug-likeness (QED) is 0.846. The van der Waals surface area contributed by atoms with Gasteiger partial charge in [-0.15, -0.1) is 0 Å². The minimum atomic E-state index is -0.0174. The molecule has 138 valence electrons. The molecule has 0 atom stereocenters. The number of anilines is 1. The average molecular weight is 363 g/mol. The number of imidazole rings is 1. The molecule has 0 aliphatic carbocycles. The number of nitrogens with one attached hydrogen (secondary N) is 1. The number of carbonyl (C=O) groups is 2. The molecule has 0 unspecified atom stereocenters. The van der Waals surface area contributed by atoms with Crippen LogP contribution in [-0.2, 0) is 23.1 Å². The summed E-state index contributed by atoms with van der Waals surface area (Å²) < 4.78 is 1.99. The van der Waals surface area contributed by atoms with E-state index in [0.29, 0.717) is 31.7 Å². The summed E-state index contributed by atoms with van der Waals surface area (Å²) in [6.07, 6.45) is 12.8. The Morgan fingerprint density at radius 1 is 1.26 bits per heavy atom. The van der Waals surface area contributed by atoms with Crippen molar-refractivity contribution in [3.63, 3.8) is 0 Å². The third-order valence-corrected chi connectivity index (χ3v) is 4.91. The molecule has 2 aliphatic rings. The van der Waals surface area contributed by atoms with Crippen LogP contribution in [0.15, 0.2) is 36.8 Å². The molecule has 4 heterocycles. The smallest absolute Gasteiger partial charge is 0.246 e. The number of pyridine rings is 1. The Morgan fingerprint density at radius 2 is 2.15 bits per heavy atom. The lowest BCUT2D eigenvalue weighted by Crippen LogP contribution is -2.33. The second-order valence-corrected chi connectivity index (χ2v) is 6.78. The van der Waals surface area contributed by atoms with Gasteiger partial charge in [-0.2, -0.15) is 0 Å². The normalized spacial score (nSPS) is 16.9. The van der Waals surface area contributed by atoms with Crippen LogP contribution in [0.3, 0.4) is 0 Å². The number of nitrogens with zero attached hydrogens (tertiary/aromatic N) is 4. The van der Waals surface area contributed by atoms with Gasteiger partial charge in [0.15, 0.2) is 0 Å².